The first kappa shape index (κ1) is 19.3. The lowest BCUT2D eigenvalue weighted by Crippen LogP contribution is -2.44. The Morgan fingerprint density at radius 2 is 1.83 bits per heavy atom. The highest BCUT2D eigenvalue weighted by Crippen LogP contribution is 2.18. The van der Waals surface area contributed by atoms with Crippen molar-refractivity contribution in [3.8, 4) is 0 Å². The van der Waals surface area contributed by atoms with Gasteiger partial charge in [-0.15, -0.1) is 0 Å². The Bertz CT molecular complexity index is 562. The van der Waals surface area contributed by atoms with E-state index >= 15 is 0 Å². The summed E-state index contributed by atoms with van der Waals surface area (Å²) in [5.41, 5.74) is 0.747. The molecule has 0 saturated carbocycles. The molecule has 23 heavy (non-hydrogen) atoms. The third-order valence-electron chi connectivity index (χ3n) is 3.06. The van der Waals surface area contributed by atoms with Crippen molar-refractivity contribution >= 4 is 23.4 Å². The summed E-state index contributed by atoms with van der Waals surface area (Å²) < 4.78 is 37.8. The zero-order valence-corrected chi connectivity index (χ0v) is 13.6. The number of alkyl halides is 3. The Morgan fingerprint density at radius 1 is 1.17 bits per heavy atom. The molecule has 0 unspecified atom stereocenters. The van der Waals surface area contributed by atoms with Crippen LogP contribution < -0.4 is 0 Å². The number of hydrogen-bond donors (Lipinski definition) is 0. The number of rotatable bonds is 6. The third kappa shape index (κ3) is 7.36. The van der Waals surface area contributed by atoms with Crippen LogP contribution in [0.15, 0.2) is 24.3 Å². The summed E-state index contributed by atoms with van der Waals surface area (Å²) in [6.07, 6.45) is -4.43. The molecule has 0 spiro atoms. The van der Waals surface area contributed by atoms with E-state index in [4.69, 9.17) is 11.6 Å². The Morgan fingerprint density at radius 3 is 2.35 bits per heavy atom. The van der Waals surface area contributed by atoms with Crippen molar-refractivity contribution < 1.29 is 22.8 Å². The van der Waals surface area contributed by atoms with E-state index < -0.39 is 31.1 Å². The van der Waals surface area contributed by atoms with E-state index in [1.807, 2.05) is 0 Å². The van der Waals surface area contributed by atoms with Crippen LogP contribution in [0.3, 0.4) is 0 Å². The molecule has 0 aliphatic rings. The normalized spacial score (nSPS) is 11.2. The van der Waals surface area contributed by atoms with Crippen molar-refractivity contribution in [2.45, 2.75) is 19.0 Å². The van der Waals surface area contributed by atoms with Gasteiger partial charge in [-0.3, -0.25) is 9.59 Å². The van der Waals surface area contributed by atoms with Crippen LogP contribution in [-0.4, -0.2) is 55.0 Å². The van der Waals surface area contributed by atoms with Crippen LogP contribution >= 0.6 is 11.6 Å². The molecule has 128 valence electrons. The summed E-state index contributed by atoms with van der Waals surface area (Å²) in [4.78, 5) is 25.4. The SMILES string of the molecule is CN(C)C(=O)CN(CC(F)(F)F)C(=O)CCc1cccc(Cl)c1. The Hall–Kier alpha value is -1.76. The molecule has 1 rings (SSSR count). The first-order chi connectivity index (χ1) is 10.6. The molecule has 0 aromatic heterocycles. The van der Waals surface area contributed by atoms with E-state index in [-0.39, 0.29) is 12.8 Å². The summed E-state index contributed by atoms with van der Waals surface area (Å²) in [5.74, 6) is -1.29. The molecule has 0 saturated heterocycles. The Balaban J connectivity index is 2.72. The largest absolute Gasteiger partial charge is 0.406 e. The van der Waals surface area contributed by atoms with Crippen LogP contribution in [0.5, 0.6) is 0 Å². The van der Waals surface area contributed by atoms with Gasteiger partial charge in [0.1, 0.15) is 13.1 Å². The van der Waals surface area contributed by atoms with Crippen LogP contribution in [0, 0.1) is 0 Å². The second-order valence-electron chi connectivity index (χ2n) is 5.28. The maximum atomic E-state index is 12.6. The lowest BCUT2D eigenvalue weighted by Gasteiger charge is -2.25. The zero-order chi connectivity index (χ0) is 17.6. The van der Waals surface area contributed by atoms with Gasteiger partial charge >= 0.3 is 6.18 Å². The smallest absolute Gasteiger partial charge is 0.347 e. The number of amides is 2. The number of hydrogen-bond acceptors (Lipinski definition) is 2. The summed E-state index contributed by atoms with van der Waals surface area (Å²) in [6.45, 7) is -2.04. The summed E-state index contributed by atoms with van der Waals surface area (Å²) in [5, 5.41) is 0.491. The van der Waals surface area contributed by atoms with E-state index in [1.165, 1.54) is 14.1 Å². The predicted octanol–water partition coefficient (Wildman–Crippen LogP) is 2.75. The van der Waals surface area contributed by atoms with Gasteiger partial charge in [0.05, 0.1) is 0 Å². The minimum Gasteiger partial charge on any atom is -0.347 e. The molecule has 0 heterocycles. The lowest BCUT2D eigenvalue weighted by atomic mass is 10.1. The average Bonchev–Trinajstić information content (AvgIpc) is 2.42. The molecule has 0 aliphatic carbocycles. The number of carbonyl (C=O) groups excluding carboxylic acids is 2. The number of halogens is 4. The van der Waals surface area contributed by atoms with Crippen molar-refractivity contribution in [3.63, 3.8) is 0 Å². The number of likely N-dealkylation sites (N-methyl/N-ethyl adjacent to an activating group) is 1. The first-order valence-corrected chi connectivity index (χ1v) is 7.25. The fourth-order valence-electron chi connectivity index (χ4n) is 1.86. The molecule has 8 heteroatoms. The van der Waals surface area contributed by atoms with Crippen LogP contribution in [0.2, 0.25) is 5.02 Å². The monoisotopic (exact) mass is 350 g/mol. The molecule has 2 amide bonds. The van der Waals surface area contributed by atoms with Crippen LogP contribution in [0.4, 0.5) is 13.2 Å². The van der Waals surface area contributed by atoms with Gasteiger partial charge in [0, 0.05) is 25.5 Å². The van der Waals surface area contributed by atoms with Crippen molar-refractivity contribution in [3.05, 3.63) is 34.9 Å². The van der Waals surface area contributed by atoms with E-state index in [0.29, 0.717) is 9.92 Å². The van der Waals surface area contributed by atoms with Gasteiger partial charge in [0.25, 0.3) is 0 Å². The molecule has 4 nitrogen and oxygen atoms in total. The Kier molecular flexibility index (Phi) is 6.87. The molecular formula is C15H18ClF3N2O2. The summed E-state index contributed by atoms with van der Waals surface area (Å²) >= 11 is 5.82. The second kappa shape index (κ2) is 8.19. The highest BCUT2D eigenvalue weighted by atomic mass is 35.5. The van der Waals surface area contributed by atoms with Crippen molar-refractivity contribution in [1.82, 2.24) is 9.80 Å². The first-order valence-electron chi connectivity index (χ1n) is 6.87. The quantitative estimate of drug-likeness (QED) is 0.791. The number of benzene rings is 1. The van der Waals surface area contributed by atoms with Gasteiger partial charge < -0.3 is 9.80 Å². The van der Waals surface area contributed by atoms with Gasteiger partial charge in [-0.1, -0.05) is 23.7 Å². The van der Waals surface area contributed by atoms with Crippen molar-refractivity contribution in [2.24, 2.45) is 0 Å². The van der Waals surface area contributed by atoms with E-state index in [9.17, 15) is 22.8 Å². The fourth-order valence-corrected chi connectivity index (χ4v) is 2.07. The van der Waals surface area contributed by atoms with Gasteiger partial charge in [0.2, 0.25) is 11.8 Å². The number of carbonyl (C=O) groups is 2. The highest BCUT2D eigenvalue weighted by Gasteiger charge is 2.33. The summed E-state index contributed by atoms with van der Waals surface area (Å²) in [6, 6.07) is 6.75. The minimum absolute atomic E-state index is 0.128. The van der Waals surface area contributed by atoms with Gasteiger partial charge in [0.15, 0.2) is 0 Å². The van der Waals surface area contributed by atoms with E-state index in [2.05, 4.69) is 0 Å². The summed E-state index contributed by atoms with van der Waals surface area (Å²) in [7, 11) is 2.84. The maximum absolute atomic E-state index is 12.6. The van der Waals surface area contributed by atoms with Crippen LogP contribution in [0.25, 0.3) is 0 Å². The van der Waals surface area contributed by atoms with Crippen LogP contribution in [-0.2, 0) is 16.0 Å². The average molecular weight is 351 g/mol. The standard InChI is InChI=1S/C15H18ClF3N2O2/c1-20(2)14(23)9-21(10-15(17,18)19)13(22)7-6-11-4-3-5-12(16)8-11/h3-5,8H,6-7,9-10H2,1-2H3. The highest BCUT2D eigenvalue weighted by molar-refractivity contribution is 6.30. The predicted molar refractivity (Wildman–Crippen MR) is 81.1 cm³/mol. The topological polar surface area (TPSA) is 40.6 Å². The Labute approximate surface area is 137 Å². The molecule has 0 radical (unpaired) electrons. The molecule has 0 atom stereocenters. The van der Waals surface area contributed by atoms with Crippen LogP contribution in [0.1, 0.15) is 12.0 Å². The molecular weight excluding hydrogens is 333 g/mol. The second-order valence-corrected chi connectivity index (χ2v) is 5.72. The lowest BCUT2D eigenvalue weighted by molar-refractivity contribution is -0.164. The molecule has 0 aliphatic heterocycles. The number of aryl methyl sites for hydroxylation is 1. The fraction of sp³-hybridized carbons (Fsp3) is 0.467. The number of nitrogens with zero attached hydrogens (tertiary/aromatic N) is 2. The molecule has 1 aromatic carbocycles. The molecule has 0 bridgehead atoms. The van der Waals surface area contributed by atoms with Crippen molar-refractivity contribution in [2.75, 3.05) is 27.2 Å². The van der Waals surface area contributed by atoms with Crippen molar-refractivity contribution in [1.29, 1.82) is 0 Å². The minimum atomic E-state index is -4.56. The maximum Gasteiger partial charge on any atom is 0.406 e. The zero-order valence-electron chi connectivity index (χ0n) is 12.9. The van der Waals surface area contributed by atoms with Gasteiger partial charge in [-0.25, -0.2) is 0 Å². The third-order valence-corrected chi connectivity index (χ3v) is 3.30. The van der Waals surface area contributed by atoms with Gasteiger partial charge in [-0.2, -0.15) is 13.2 Å². The van der Waals surface area contributed by atoms with E-state index in [0.717, 1.165) is 10.5 Å². The van der Waals surface area contributed by atoms with Gasteiger partial charge in [-0.05, 0) is 24.1 Å². The molecule has 1 aromatic rings. The molecule has 0 N–H and O–H groups in total. The van der Waals surface area contributed by atoms with E-state index in [1.54, 1.807) is 24.3 Å². The molecule has 0 fully saturated rings.